The fourth-order valence-electron chi connectivity index (χ4n) is 2.70. The van der Waals surface area contributed by atoms with Crippen molar-refractivity contribution in [3.05, 3.63) is 82.2 Å². The maximum Gasteiger partial charge on any atom is 0.291 e. The van der Waals surface area contributed by atoms with Gasteiger partial charge in [-0.3, -0.25) is 9.59 Å². The summed E-state index contributed by atoms with van der Waals surface area (Å²) in [6.07, 6.45) is 2.17. The summed E-state index contributed by atoms with van der Waals surface area (Å²) in [5, 5.41) is 7.84. The van der Waals surface area contributed by atoms with Crippen LogP contribution in [-0.4, -0.2) is 24.1 Å². The predicted octanol–water partition coefficient (Wildman–Crippen LogP) is 5.54. The lowest BCUT2D eigenvalue weighted by molar-refractivity contribution is -0.121. The van der Waals surface area contributed by atoms with Crippen LogP contribution in [-0.2, 0) is 4.79 Å². The summed E-state index contributed by atoms with van der Waals surface area (Å²) in [6, 6.07) is 15.3. The molecule has 2 N–H and O–H groups in total. The summed E-state index contributed by atoms with van der Waals surface area (Å²) < 4.78 is 10.6. The Balaban J connectivity index is 1.46. The Morgan fingerprint density at radius 3 is 2.69 bits per heavy atom. The second-order valence-corrected chi connectivity index (χ2v) is 7.61. The van der Waals surface area contributed by atoms with Crippen molar-refractivity contribution in [2.24, 2.45) is 5.10 Å². The average molecular weight is 474 g/mol. The van der Waals surface area contributed by atoms with E-state index in [1.807, 2.05) is 6.07 Å². The molecule has 0 fully saturated rings. The van der Waals surface area contributed by atoms with Crippen LogP contribution in [0.15, 0.2) is 70.4 Å². The molecule has 0 aliphatic carbocycles. The van der Waals surface area contributed by atoms with Crippen molar-refractivity contribution in [3.63, 3.8) is 0 Å². The van der Waals surface area contributed by atoms with Crippen LogP contribution < -0.4 is 15.5 Å². The molecule has 0 aliphatic heterocycles. The van der Waals surface area contributed by atoms with Crippen molar-refractivity contribution in [3.8, 4) is 5.75 Å². The summed E-state index contributed by atoms with van der Waals surface area (Å²) in [6.45, 7) is 2.09. The normalized spacial score (nSPS) is 11.2. The second kappa shape index (κ2) is 11.4. The number of nitrogens with zero attached hydrogens (tertiary/aromatic N) is 1. The van der Waals surface area contributed by atoms with Crippen LogP contribution in [0.2, 0.25) is 10.0 Å². The quantitative estimate of drug-likeness (QED) is 0.242. The van der Waals surface area contributed by atoms with E-state index in [1.165, 1.54) is 6.26 Å². The number of hydrogen-bond acceptors (Lipinski definition) is 5. The minimum atomic E-state index is -0.350. The van der Waals surface area contributed by atoms with Gasteiger partial charge in [0.2, 0.25) is 5.91 Å². The van der Waals surface area contributed by atoms with E-state index in [1.54, 1.807) is 55.5 Å². The number of ether oxygens (including phenoxy) is 1. The average Bonchev–Trinajstić information content (AvgIpc) is 3.31. The van der Waals surface area contributed by atoms with Crippen molar-refractivity contribution in [2.75, 3.05) is 11.9 Å². The Hall–Kier alpha value is -3.29. The minimum Gasteiger partial charge on any atom is -0.492 e. The number of rotatable bonds is 9. The first-order chi connectivity index (χ1) is 15.4. The summed E-state index contributed by atoms with van der Waals surface area (Å²) in [5.41, 5.74) is 4.46. The summed E-state index contributed by atoms with van der Waals surface area (Å²) in [4.78, 5) is 24.2. The number of carbonyl (C=O) groups is 2. The van der Waals surface area contributed by atoms with Gasteiger partial charge in [0.25, 0.3) is 5.91 Å². The highest BCUT2D eigenvalue weighted by molar-refractivity contribution is 6.35. The van der Waals surface area contributed by atoms with Crippen LogP contribution in [0.3, 0.4) is 0 Å². The zero-order valence-corrected chi connectivity index (χ0v) is 18.7. The van der Waals surface area contributed by atoms with Crippen LogP contribution in [0.1, 0.15) is 35.9 Å². The molecular formula is C23H21Cl2N3O4. The van der Waals surface area contributed by atoms with E-state index >= 15 is 0 Å². The van der Waals surface area contributed by atoms with Gasteiger partial charge in [-0.15, -0.1) is 0 Å². The van der Waals surface area contributed by atoms with Gasteiger partial charge in [0.15, 0.2) is 5.76 Å². The Morgan fingerprint density at radius 1 is 1.09 bits per heavy atom. The molecule has 0 atom stereocenters. The molecule has 0 saturated heterocycles. The maximum absolute atomic E-state index is 12.1. The van der Waals surface area contributed by atoms with E-state index < -0.39 is 0 Å². The summed E-state index contributed by atoms with van der Waals surface area (Å²) >= 11 is 11.9. The number of amides is 2. The molecular weight excluding hydrogens is 453 g/mol. The van der Waals surface area contributed by atoms with Crippen molar-refractivity contribution in [2.45, 2.75) is 19.8 Å². The molecule has 9 heteroatoms. The molecule has 1 heterocycles. The van der Waals surface area contributed by atoms with Crippen LogP contribution >= 0.6 is 23.2 Å². The first-order valence-electron chi connectivity index (χ1n) is 9.78. The molecule has 166 valence electrons. The smallest absolute Gasteiger partial charge is 0.291 e. The highest BCUT2D eigenvalue weighted by Crippen LogP contribution is 2.27. The number of nitrogens with one attached hydrogen (secondary N) is 2. The Labute approximate surface area is 195 Å². The van der Waals surface area contributed by atoms with E-state index in [0.29, 0.717) is 40.2 Å². The van der Waals surface area contributed by atoms with Gasteiger partial charge in [0.05, 0.1) is 23.6 Å². The molecule has 3 rings (SSSR count). The number of hydrazone groups is 1. The lowest BCUT2D eigenvalue weighted by atomic mass is 10.1. The molecule has 0 unspecified atom stereocenters. The fourth-order valence-corrected chi connectivity index (χ4v) is 3.16. The molecule has 2 amide bonds. The molecule has 32 heavy (non-hydrogen) atoms. The number of furan rings is 1. The second-order valence-electron chi connectivity index (χ2n) is 6.77. The van der Waals surface area contributed by atoms with E-state index in [9.17, 15) is 9.59 Å². The Morgan fingerprint density at radius 2 is 1.94 bits per heavy atom. The molecule has 0 bridgehead atoms. The van der Waals surface area contributed by atoms with Crippen molar-refractivity contribution in [1.29, 1.82) is 0 Å². The molecule has 0 radical (unpaired) electrons. The third-order valence-corrected chi connectivity index (χ3v) is 4.86. The van der Waals surface area contributed by atoms with Gasteiger partial charge in [-0.1, -0.05) is 35.3 Å². The zero-order valence-electron chi connectivity index (χ0n) is 17.2. The standard InChI is InChI=1S/C23H21Cl2N3O4/c1-15(16-5-2-6-18(13-16)26-23(30)21-7-3-11-32-21)27-28-22(29)8-4-12-31-20-10-9-17(24)14-19(20)25/h2-3,5-7,9-11,13-14H,4,8,12H2,1H3,(H,26,30)(H,28,29)/b27-15+. The third kappa shape index (κ3) is 6.87. The summed E-state index contributed by atoms with van der Waals surface area (Å²) in [7, 11) is 0. The molecule has 0 spiro atoms. The first-order valence-corrected chi connectivity index (χ1v) is 10.5. The van der Waals surface area contributed by atoms with Gasteiger partial charge in [-0.05, 0) is 61.4 Å². The lowest BCUT2D eigenvalue weighted by Crippen LogP contribution is -2.19. The lowest BCUT2D eigenvalue weighted by Gasteiger charge is -2.08. The summed E-state index contributed by atoms with van der Waals surface area (Å²) in [5.74, 6) is 0.148. The monoisotopic (exact) mass is 473 g/mol. The van der Waals surface area contributed by atoms with Crippen molar-refractivity contribution in [1.82, 2.24) is 5.43 Å². The van der Waals surface area contributed by atoms with Gasteiger partial charge >= 0.3 is 0 Å². The number of halogens is 2. The van der Waals surface area contributed by atoms with Crippen molar-refractivity contribution < 1.29 is 18.7 Å². The SMILES string of the molecule is C/C(=N\NC(=O)CCCOc1ccc(Cl)cc1Cl)c1cccc(NC(=O)c2ccco2)c1. The van der Waals surface area contributed by atoms with E-state index in [2.05, 4.69) is 15.8 Å². The van der Waals surface area contributed by atoms with Crippen molar-refractivity contribution >= 4 is 46.4 Å². The van der Waals surface area contributed by atoms with E-state index in [-0.39, 0.29) is 24.0 Å². The van der Waals surface area contributed by atoms with E-state index in [0.717, 1.165) is 5.56 Å². The van der Waals surface area contributed by atoms with Gasteiger partial charge in [0, 0.05) is 17.1 Å². The highest BCUT2D eigenvalue weighted by Gasteiger charge is 2.10. The highest BCUT2D eigenvalue weighted by atomic mass is 35.5. The Bertz CT molecular complexity index is 1110. The zero-order chi connectivity index (χ0) is 22.9. The number of benzene rings is 2. The molecule has 0 saturated carbocycles. The molecule has 0 aliphatic rings. The number of hydrogen-bond donors (Lipinski definition) is 2. The van der Waals surface area contributed by atoms with Crippen LogP contribution in [0, 0.1) is 0 Å². The van der Waals surface area contributed by atoms with E-state index in [4.69, 9.17) is 32.4 Å². The first kappa shape index (κ1) is 23.4. The van der Waals surface area contributed by atoms with Gasteiger partial charge < -0.3 is 14.5 Å². The fraction of sp³-hybridized carbons (Fsp3) is 0.174. The molecule has 3 aromatic rings. The van der Waals surface area contributed by atoms with Gasteiger partial charge in [-0.2, -0.15) is 5.10 Å². The number of anilines is 1. The predicted molar refractivity (Wildman–Crippen MR) is 125 cm³/mol. The molecule has 2 aromatic carbocycles. The molecule has 1 aromatic heterocycles. The third-order valence-electron chi connectivity index (χ3n) is 4.33. The van der Waals surface area contributed by atoms with Crippen LogP contribution in [0.25, 0.3) is 0 Å². The van der Waals surface area contributed by atoms with Crippen LogP contribution in [0.4, 0.5) is 5.69 Å². The van der Waals surface area contributed by atoms with Gasteiger partial charge in [-0.25, -0.2) is 5.43 Å². The topological polar surface area (TPSA) is 92.9 Å². The molecule has 7 nitrogen and oxygen atoms in total. The van der Waals surface area contributed by atoms with Gasteiger partial charge in [0.1, 0.15) is 5.75 Å². The maximum atomic E-state index is 12.1. The number of carbonyl (C=O) groups excluding carboxylic acids is 2. The van der Waals surface area contributed by atoms with Crippen LogP contribution in [0.5, 0.6) is 5.75 Å². The Kier molecular flexibility index (Phi) is 8.30. The largest absolute Gasteiger partial charge is 0.492 e. The minimum absolute atomic E-state index is 0.218.